The molecule has 3 aromatic rings. The van der Waals surface area contributed by atoms with Crippen molar-refractivity contribution in [3.05, 3.63) is 84.5 Å². The van der Waals surface area contributed by atoms with Gasteiger partial charge in [-0.3, -0.25) is 24.0 Å². The molecule has 2 heterocycles. The molecule has 45 heavy (non-hydrogen) atoms. The number of rotatable bonds is 14. The van der Waals surface area contributed by atoms with Crippen LogP contribution < -0.4 is 20.7 Å². The summed E-state index contributed by atoms with van der Waals surface area (Å²) in [6.45, 7) is 4.48. The van der Waals surface area contributed by atoms with Gasteiger partial charge in [-0.15, -0.1) is 22.7 Å². The molecule has 0 unspecified atom stereocenters. The Balaban J connectivity index is 1.02. The Kier molecular flexibility index (Phi) is 9.96. The average molecular weight is 649 g/mol. The smallest absolute Gasteiger partial charge is 0.280 e. The van der Waals surface area contributed by atoms with Crippen molar-refractivity contribution in [1.29, 1.82) is 0 Å². The van der Waals surface area contributed by atoms with Crippen LogP contribution in [0.3, 0.4) is 0 Å². The number of hydrogen-bond acceptors (Lipinski definition) is 13. The molecule has 0 spiro atoms. The lowest BCUT2D eigenvalue weighted by atomic mass is 10.0. The molecular weight excluding hydrogens is 617 g/mol. The van der Waals surface area contributed by atoms with Crippen LogP contribution >= 0.6 is 22.7 Å². The molecule has 0 saturated heterocycles. The summed E-state index contributed by atoms with van der Waals surface area (Å²) in [4.78, 5) is 74.4. The molecule has 0 aliphatic heterocycles. The van der Waals surface area contributed by atoms with E-state index in [1.807, 2.05) is 19.2 Å². The molecule has 1 amide bonds. The molecule has 0 radical (unpaired) electrons. The van der Waals surface area contributed by atoms with Crippen LogP contribution in [0.2, 0.25) is 0 Å². The summed E-state index contributed by atoms with van der Waals surface area (Å²) in [6, 6.07) is 7.25. The van der Waals surface area contributed by atoms with Gasteiger partial charge in [0.25, 0.3) is 5.91 Å². The molecule has 0 fully saturated rings. The zero-order valence-corrected chi connectivity index (χ0v) is 26.7. The van der Waals surface area contributed by atoms with Crippen molar-refractivity contribution in [2.45, 2.75) is 26.3 Å². The van der Waals surface area contributed by atoms with Crippen molar-refractivity contribution in [2.24, 2.45) is 0 Å². The van der Waals surface area contributed by atoms with Gasteiger partial charge in [-0.05, 0) is 57.6 Å². The number of amides is 1. The van der Waals surface area contributed by atoms with Crippen LogP contribution in [0.15, 0.2) is 47.8 Å². The SMILES string of the molecule is COc1ccc(CNC(=O)c2nc3c(s2)C(=O)C=C(NCCCN(C)CCCNC2=CC(=O)c4sc(C)nc4C2=O)C3=O)cc1. The van der Waals surface area contributed by atoms with Gasteiger partial charge in [0.1, 0.15) is 26.9 Å². The van der Waals surface area contributed by atoms with Gasteiger partial charge in [0.15, 0.2) is 16.6 Å². The van der Waals surface area contributed by atoms with E-state index in [2.05, 4.69) is 30.8 Å². The number of thiazole rings is 2. The lowest BCUT2D eigenvalue weighted by molar-refractivity contribution is 0.0948. The Morgan fingerprint density at radius 1 is 0.844 bits per heavy atom. The minimum Gasteiger partial charge on any atom is -0.497 e. The van der Waals surface area contributed by atoms with Gasteiger partial charge in [-0.1, -0.05) is 12.1 Å². The molecule has 12 nitrogen and oxygen atoms in total. The number of allylic oxidation sites excluding steroid dienone is 4. The first-order valence-corrected chi connectivity index (χ1v) is 15.9. The van der Waals surface area contributed by atoms with E-state index in [1.54, 1.807) is 26.2 Å². The number of nitrogens with zero attached hydrogens (tertiary/aromatic N) is 3. The lowest BCUT2D eigenvalue weighted by Crippen LogP contribution is -2.31. The molecule has 5 rings (SSSR count). The van der Waals surface area contributed by atoms with Crippen molar-refractivity contribution >= 4 is 51.7 Å². The Hall–Kier alpha value is -4.53. The minimum atomic E-state index is -0.460. The standard InChI is InChI=1S/C31H32N6O6S2/c1-17-35-24-26(40)20(14-22(38)28(24)44-17)32-10-4-12-37(2)13-5-11-33-21-15-23(39)29-25(27(21)41)36-31(45-29)30(42)34-16-18-6-8-19(43-3)9-7-18/h6-9,14-15,32-33H,4-5,10-13,16H2,1-3H3,(H,34,42). The normalized spacial score (nSPS) is 14.1. The third-order valence-electron chi connectivity index (χ3n) is 7.15. The number of carbonyl (C=O) groups excluding carboxylic acids is 5. The number of Topliss-reactive ketones (excluding diaryl/α,β-unsaturated/α-hetero) is 2. The van der Waals surface area contributed by atoms with E-state index in [9.17, 15) is 24.0 Å². The highest BCUT2D eigenvalue weighted by Crippen LogP contribution is 2.27. The molecule has 2 aliphatic rings. The summed E-state index contributed by atoms with van der Waals surface area (Å²) in [7, 11) is 3.55. The number of aryl methyl sites for hydroxylation is 1. The van der Waals surface area contributed by atoms with E-state index < -0.39 is 11.7 Å². The minimum absolute atomic E-state index is 0.0105. The van der Waals surface area contributed by atoms with E-state index in [4.69, 9.17) is 4.74 Å². The van der Waals surface area contributed by atoms with Crippen molar-refractivity contribution < 1.29 is 28.7 Å². The fourth-order valence-electron chi connectivity index (χ4n) is 4.79. The van der Waals surface area contributed by atoms with Crippen LogP contribution in [-0.2, 0) is 6.54 Å². The van der Waals surface area contributed by atoms with E-state index in [0.717, 1.165) is 36.4 Å². The molecule has 14 heteroatoms. The molecule has 2 aliphatic carbocycles. The topological polar surface area (TPSA) is 160 Å². The first-order valence-electron chi connectivity index (χ1n) is 14.3. The number of benzene rings is 1. The van der Waals surface area contributed by atoms with Crippen molar-refractivity contribution in [3.8, 4) is 5.75 Å². The predicted molar refractivity (Wildman–Crippen MR) is 169 cm³/mol. The number of hydrogen-bond donors (Lipinski definition) is 3. The van der Waals surface area contributed by atoms with E-state index >= 15 is 0 Å². The fourth-order valence-corrected chi connectivity index (χ4v) is 6.50. The number of ether oxygens (including phenoxy) is 1. The Morgan fingerprint density at radius 3 is 1.98 bits per heavy atom. The second kappa shape index (κ2) is 14.1. The van der Waals surface area contributed by atoms with Gasteiger partial charge in [0.2, 0.25) is 11.6 Å². The second-order valence-corrected chi connectivity index (χ2v) is 12.7. The molecular formula is C31H32N6O6S2. The molecule has 3 N–H and O–H groups in total. The number of nitrogens with one attached hydrogen (secondary N) is 3. The Labute approximate surface area is 267 Å². The largest absolute Gasteiger partial charge is 0.497 e. The van der Waals surface area contributed by atoms with Crippen LogP contribution in [-0.4, -0.2) is 84.2 Å². The summed E-state index contributed by atoms with van der Waals surface area (Å²) >= 11 is 2.14. The zero-order chi connectivity index (χ0) is 32.1. The number of carbonyl (C=O) groups is 5. The Morgan fingerprint density at radius 2 is 1.40 bits per heavy atom. The average Bonchev–Trinajstić information content (AvgIpc) is 3.67. The predicted octanol–water partition coefficient (Wildman–Crippen LogP) is 2.96. The van der Waals surface area contributed by atoms with Crippen molar-refractivity contribution in [3.63, 3.8) is 0 Å². The summed E-state index contributed by atoms with van der Waals surface area (Å²) in [5.41, 5.74) is 1.51. The number of fused-ring (bicyclic) bond motifs is 2. The first-order chi connectivity index (χ1) is 21.6. The van der Waals surface area contributed by atoms with E-state index in [-0.39, 0.29) is 56.6 Å². The van der Waals surface area contributed by atoms with E-state index in [0.29, 0.717) is 35.1 Å². The molecule has 234 valence electrons. The molecule has 0 bridgehead atoms. The van der Waals surface area contributed by atoms with Crippen LogP contribution in [0.5, 0.6) is 5.75 Å². The van der Waals surface area contributed by atoms with E-state index in [1.165, 1.54) is 23.5 Å². The van der Waals surface area contributed by atoms with Gasteiger partial charge in [0, 0.05) is 31.8 Å². The highest BCUT2D eigenvalue weighted by Gasteiger charge is 2.32. The maximum atomic E-state index is 13.0. The fraction of sp³-hybridized carbons (Fsp3) is 0.323. The molecule has 2 aromatic heterocycles. The quantitative estimate of drug-likeness (QED) is 0.221. The molecule has 1 aromatic carbocycles. The highest BCUT2D eigenvalue weighted by molar-refractivity contribution is 7.16. The van der Waals surface area contributed by atoms with Crippen LogP contribution in [0.25, 0.3) is 0 Å². The van der Waals surface area contributed by atoms with Gasteiger partial charge in [-0.2, -0.15) is 0 Å². The van der Waals surface area contributed by atoms with Crippen LogP contribution in [0.4, 0.5) is 0 Å². The number of methoxy groups -OCH3 is 1. The van der Waals surface area contributed by atoms with Crippen LogP contribution in [0, 0.1) is 6.92 Å². The summed E-state index contributed by atoms with van der Waals surface area (Å²) in [5.74, 6) is -0.989. The lowest BCUT2D eigenvalue weighted by Gasteiger charge is -2.18. The maximum Gasteiger partial charge on any atom is 0.280 e. The summed E-state index contributed by atoms with van der Waals surface area (Å²) < 4.78 is 5.14. The summed E-state index contributed by atoms with van der Waals surface area (Å²) in [5, 5.41) is 9.62. The van der Waals surface area contributed by atoms with Crippen molar-refractivity contribution in [2.75, 3.05) is 40.3 Å². The van der Waals surface area contributed by atoms with Gasteiger partial charge in [0.05, 0.1) is 23.5 Å². The summed E-state index contributed by atoms with van der Waals surface area (Å²) in [6.07, 6.45) is 4.05. The number of ketones is 4. The van der Waals surface area contributed by atoms with Gasteiger partial charge in [-0.25, -0.2) is 9.97 Å². The third kappa shape index (κ3) is 7.41. The zero-order valence-electron chi connectivity index (χ0n) is 25.0. The monoisotopic (exact) mass is 648 g/mol. The molecule has 0 atom stereocenters. The van der Waals surface area contributed by atoms with Crippen molar-refractivity contribution in [1.82, 2.24) is 30.8 Å². The third-order valence-corrected chi connectivity index (χ3v) is 9.20. The van der Waals surface area contributed by atoms with Crippen LogP contribution in [0.1, 0.15) is 73.5 Å². The molecule has 0 saturated carbocycles. The van der Waals surface area contributed by atoms with Gasteiger partial charge < -0.3 is 25.6 Å². The number of aromatic nitrogens is 2. The Bertz CT molecular complexity index is 1720. The second-order valence-electron chi connectivity index (χ2n) is 10.5. The highest BCUT2D eigenvalue weighted by atomic mass is 32.1. The first kappa shape index (κ1) is 31.9. The van der Waals surface area contributed by atoms with Gasteiger partial charge >= 0.3 is 0 Å². The maximum absolute atomic E-state index is 13.0.